The van der Waals surface area contributed by atoms with Crippen LogP contribution in [-0.4, -0.2) is 10.1 Å². The van der Waals surface area contributed by atoms with Crippen LogP contribution in [0.3, 0.4) is 0 Å². The second-order valence-electron chi connectivity index (χ2n) is 3.79. The molecule has 3 heteroatoms. The lowest BCUT2D eigenvalue weighted by Crippen LogP contribution is -1.80. The Morgan fingerprint density at radius 1 is 1.43 bits per heavy atom. The molecule has 72 valence electrons. The lowest BCUT2D eigenvalue weighted by Gasteiger charge is -1.92. The smallest absolute Gasteiger partial charge is 0.198 e. The molecule has 1 N–H and O–H groups in total. The Hall–Kier alpha value is -1.35. The van der Waals surface area contributed by atoms with E-state index in [-0.39, 0.29) is 6.61 Å². The van der Waals surface area contributed by atoms with Gasteiger partial charge in [-0.2, -0.15) is 0 Å². The zero-order valence-corrected chi connectivity index (χ0v) is 7.73. The molecular formula is C11H11NO2. The fraction of sp³-hybridized carbons (Fsp3) is 0.364. The molecule has 0 unspecified atom stereocenters. The van der Waals surface area contributed by atoms with Crippen LogP contribution in [0, 0.1) is 0 Å². The molecule has 0 amide bonds. The Bertz CT molecular complexity index is 471. The average Bonchev–Trinajstić information content (AvgIpc) is 2.97. The summed E-state index contributed by atoms with van der Waals surface area (Å²) in [6, 6.07) is 5.63. The van der Waals surface area contributed by atoms with Crippen LogP contribution in [0.1, 0.15) is 30.2 Å². The van der Waals surface area contributed by atoms with E-state index >= 15 is 0 Å². The van der Waals surface area contributed by atoms with E-state index in [1.807, 2.05) is 18.2 Å². The second kappa shape index (κ2) is 2.82. The number of aromatic nitrogens is 1. The van der Waals surface area contributed by atoms with Crippen molar-refractivity contribution in [1.29, 1.82) is 0 Å². The number of benzene rings is 1. The van der Waals surface area contributed by atoms with Gasteiger partial charge in [-0.05, 0) is 30.5 Å². The molecular weight excluding hydrogens is 178 g/mol. The highest BCUT2D eigenvalue weighted by molar-refractivity contribution is 5.73. The van der Waals surface area contributed by atoms with Crippen LogP contribution < -0.4 is 0 Å². The van der Waals surface area contributed by atoms with Crippen molar-refractivity contribution in [2.45, 2.75) is 25.4 Å². The third kappa shape index (κ3) is 1.21. The second-order valence-corrected chi connectivity index (χ2v) is 3.79. The molecule has 3 nitrogen and oxygen atoms in total. The first-order chi connectivity index (χ1) is 6.86. The predicted octanol–water partition coefficient (Wildman–Crippen LogP) is 2.20. The molecule has 1 fully saturated rings. The van der Waals surface area contributed by atoms with Gasteiger partial charge < -0.3 is 9.52 Å². The summed E-state index contributed by atoms with van der Waals surface area (Å²) in [6.07, 6.45) is 2.39. The van der Waals surface area contributed by atoms with Crippen molar-refractivity contribution in [3.8, 4) is 0 Å². The van der Waals surface area contributed by atoms with Crippen LogP contribution in [0.4, 0.5) is 0 Å². The van der Waals surface area contributed by atoms with Crippen molar-refractivity contribution in [1.82, 2.24) is 4.98 Å². The van der Waals surface area contributed by atoms with Crippen molar-refractivity contribution in [3.05, 3.63) is 29.7 Å². The van der Waals surface area contributed by atoms with E-state index in [0.29, 0.717) is 5.92 Å². The number of fused-ring (bicyclic) bond motifs is 1. The van der Waals surface area contributed by atoms with Gasteiger partial charge in [-0.1, -0.05) is 6.07 Å². The maximum absolute atomic E-state index is 8.96. The van der Waals surface area contributed by atoms with Gasteiger partial charge in [0.1, 0.15) is 5.52 Å². The fourth-order valence-electron chi connectivity index (χ4n) is 1.59. The zero-order valence-electron chi connectivity index (χ0n) is 7.73. The van der Waals surface area contributed by atoms with Crippen molar-refractivity contribution >= 4 is 11.1 Å². The number of nitrogens with zero attached hydrogens (tertiary/aromatic N) is 1. The van der Waals surface area contributed by atoms with E-state index in [4.69, 9.17) is 9.52 Å². The number of hydrogen-bond donors (Lipinski definition) is 1. The average molecular weight is 189 g/mol. The minimum absolute atomic E-state index is 0.0510. The molecule has 1 aliphatic rings. The van der Waals surface area contributed by atoms with E-state index in [2.05, 4.69) is 4.98 Å². The molecule has 1 heterocycles. The van der Waals surface area contributed by atoms with E-state index in [0.717, 1.165) is 22.6 Å². The van der Waals surface area contributed by atoms with Crippen LogP contribution in [0.2, 0.25) is 0 Å². The zero-order chi connectivity index (χ0) is 9.54. The van der Waals surface area contributed by atoms with Crippen molar-refractivity contribution in [3.63, 3.8) is 0 Å². The summed E-state index contributed by atoms with van der Waals surface area (Å²) in [5.41, 5.74) is 2.55. The van der Waals surface area contributed by atoms with Gasteiger partial charge in [0.25, 0.3) is 0 Å². The molecule has 0 atom stereocenters. The Labute approximate surface area is 81.4 Å². The molecule has 1 saturated carbocycles. The van der Waals surface area contributed by atoms with Gasteiger partial charge in [-0.3, -0.25) is 0 Å². The molecule has 1 aromatic heterocycles. The first-order valence-electron chi connectivity index (χ1n) is 4.87. The molecule has 0 bridgehead atoms. The predicted molar refractivity (Wildman–Crippen MR) is 51.9 cm³/mol. The highest BCUT2D eigenvalue weighted by atomic mass is 16.3. The summed E-state index contributed by atoms with van der Waals surface area (Å²) < 4.78 is 5.61. The van der Waals surface area contributed by atoms with Gasteiger partial charge in [0.2, 0.25) is 0 Å². The van der Waals surface area contributed by atoms with Crippen LogP contribution in [0.15, 0.2) is 22.6 Å². The highest BCUT2D eigenvalue weighted by Crippen LogP contribution is 2.40. The monoisotopic (exact) mass is 189 g/mol. The Balaban J connectivity index is 2.12. The molecule has 2 aromatic rings. The lowest BCUT2D eigenvalue weighted by atomic mass is 10.2. The molecule has 0 saturated heterocycles. The number of rotatable bonds is 2. The number of oxazole rings is 1. The van der Waals surface area contributed by atoms with Gasteiger partial charge >= 0.3 is 0 Å². The Morgan fingerprint density at radius 2 is 2.29 bits per heavy atom. The van der Waals surface area contributed by atoms with E-state index < -0.39 is 0 Å². The van der Waals surface area contributed by atoms with Crippen LogP contribution >= 0.6 is 0 Å². The highest BCUT2D eigenvalue weighted by Gasteiger charge is 2.28. The number of hydrogen-bond acceptors (Lipinski definition) is 3. The number of aliphatic hydroxyl groups excluding tert-OH is 1. The van der Waals surface area contributed by atoms with Crippen molar-refractivity contribution < 1.29 is 9.52 Å². The topological polar surface area (TPSA) is 46.3 Å². The maximum Gasteiger partial charge on any atom is 0.198 e. The third-order valence-corrected chi connectivity index (χ3v) is 2.58. The molecule has 1 aromatic carbocycles. The van der Waals surface area contributed by atoms with Gasteiger partial charge in [0, 0.05) is 5.92 Å². The normalized spacial score (nSPS) is 16.4. The molecule has 1 aliphatic carbocycles. The minimum Gasteiger partial charge on any atom is -0.440 e. The molecule has 14 heavy (non-hydrogen) atoms. The SMILES string of the molecule is OCc1ccc2nc(C3CC3)oc2c1. The maximum atomic E-state index is 8.96. The van der Waals surface area contributed by atoms with Crippen LogP contribution in [0.5, 0.6) is 0 Å². The van der Waals surface area contributed by atoms with E-state index in [1.54, 1.807) is 0 Å². The molecule has 0 radical (unpaired) electrons. The van der Waals surface area contributed by atoms with Gasteiger partial charge in [-0.25, -0.2) is 4.98 Å². The first kappa shape index (κ1) is 8.00. The Kier molecular flexibility index (Phi) is 1.61. The summed E-state index contributed by atoms with van der Waals surface area (Å²) in [7, 11) is 0. The largest absolute Gasteiger partial charge is 0.440 e. The standard InChI is InChI=1S/C11H11NO2/c13-6-7-1-4-9-10(5-7)14-11(12-9)8-2-3-8/h1,4-5,8,13H,2-3,6H2. The number of aliphatic hydroxyl groups is 1. The summed E-state index contributed by atoms with van der Waals surface area (Å²) in [6.45, 7) is 0.0510. The van der Waals surface area contributed by atoms with Crippen LogP contribution in [0.25, 0.3) is 11.1 Å². The first-order valence-corrected chi connectivity index (χ1v) is 4.87. The molecule has 0 spiro atoms. The van der Waals surface area contributed by atoms with Gasteiger partial charge in [0.05, 0.1) is 6.61 Å². The lowest BCUT2D eigenvalue weighted by molar-refractivity contribution is 0.282. The summed E-state index contributed by atoms with van der Waals surface area (Å²) in [4.78, 5) is 4.40. The minimum atomic E-state index is 0.0510. The summed E-state index contributed by atoms with van der Waals surface area (Å²) >= 11 is 0. The van der Waals surface area contributed by atoms with Gasteiger partial charge in [0.15, 0.2) is 11.5 Å². The third-order valence-electron chi connectivity index (χ3n) is 2.58. The van der Waals surface area contributed by atoms with Crippen molar-refractivity contribution in [2.24, 2.45) is 0 Å². The quantitative estimate of drug-likeness (QED) is 0.787. The molecule has 0 aliphatic heterocycles. The summed E-state index contributed by atoms with van der Waals surface area (Å²) in [5.74, 6) is 1.40. The van der Waals surface area contributed by atoms with Crippen molar-refractivity contribution in [2.75, 3.05) is 0 Å². The molecule has 3 rings (SSSR count). The van der Waals surface area contributed by atoms with E-state index in [1.165, 1.54) is 12.8 Å². The van der Waals surface area contributed by atoms with Gasteiger partial charge in [-0.15, -0.1) is 0 Å². The van der Waals surface area contributed by atoms with E-state index in [9.17, 15) is 0 Å². The Morgan fingerprint density at radius 3 is 3.00 bits per heavy atom. The summed E-state index contributed by atoms with van der Waals surface area (Å²) in [5, 5.41) is 8.96. The fourth-order valence-corrected chi connectivity index (χ4v) is 1.59. The van der Waals surface area contributed by atoms with Crippen LogP contribution in [-0.2, 0) is 6.61 Å².